The maximum Gasteiger partial charge on any atom is 0.241 e. The number of hydrogen-bond acceptors (Lipinski definition) is 3. The fourth-order valence-corrected chi connectivity index (χ4v) is 3.56. The molecule has 1 atom stereocenters. The lowest BCUT2D eigenvalue weighted by Crippen LogP contribution is -2.70. The zero-order valence-electron chi connectivity index (χ0n) is 11.9. The summed E-state index contributed by atoms with van der Waals surface area (Å²) in [4.78, 5) is 14.0. The molecular formula is C16H22N2O2. The van der Waals surface area contributed by atoms with E-state index in [9.17, 15) is 9.90 Å². The Kier molecular flexibility index (Phi) is 3.42. The van der Waals surface area contributed by atoms with Gasteiger partial charge in [0.15, 0.2) is 0 Å². The molecule has 1 aliphatic heterocycles. The molecule has 1 heterocycles. The second-order valence-electron chi connectivity index (χ2n) is 6.06. The number of rotatable bonds is 1. The number of nitrogens with zero attached hydrogens (tertiary/aromatic N) is 1. The van der Waals surface area contributed by atoms with Gasteiger partial charge in [-0.3, -0.25) is 4.79 Å². The first kappa shape index (κ1) is 13.4. The van der Waals surface area contributed by atoms with Gasteiger partial charge in [-0.2, -0.15) is 0 Å². The van der Waals surface area contributed by atoms with Crippen LogP contribution in [0.3, 0.4) is 0 Å². The second kappa shape index (κ2) is 5.09. The quantitative estimate of drug-likeness (QED) is 0.823. The van der Waals surface area contributed by atoms with Crippen molar-refractivity contribution in [1.29, 1.82) is 0 Å². The second-order valence-corrected chi connectivity index (χ2v) is 6.06. The van der Waals surface area contributed by atoms with E-state index < -0.39 is 6.23 Å². The summed E-state index contributed by atoms with van der Waals surface area (Å²) >= 11 is 0. The van der Waals surface area contributed by atoms with Crippen LogP contribution in [-0.2, 0) is 4.79 Å². The number of aryl methyl sites for hydroxylation is 1. The van der Waals surface area contributed by atoms with Gasteiger partial charge in [-0.15, -0.1) is 0 Å². The van der Waals surface area contributed by atoms with Crippen LogP contribution >= 0.6 is 0 Å². The number of benzene rings is 1. The van der Waals surface area contributed by atoms with Crippen molar-refractivity contribution in [3.63, 3.8) is 0 Å². The standard InChI is InChI=1S/C16H22N2O2/c1-12-5-7-13(8-6-12)18-11-14(19)17-15(20)16(18)9-3-2-4-10-16/h5-8,15,20H,2-4,9-11H2,1H3,(H,17,19). The van der Waals surface area contributed by atoms with Gasteiger partial charge in [-0.05, 0) is 31.9 Å². The maximum atomic E-state index is 11.8. The maximum absolute atomic E-state index is 11.8. The van der Waals surface area contributed by atoms with E-state index in [0.29, 0.717) is 6.54 Å². The number of anilines is 1. The summed E-state index contributed by atoms with van der Waals surface area (Å²) in [6.07, 6.45) is 4.52. The lowest BCUT2D eigenvalue weighted by molar-refractivity contribution is -0.128. The largest absolute Gasteiger partial charge is 0.371 e. The minimum absolute atomic E-state index is 0.103. The molecule has 3 rings (SSSR count). The molecule has 2 N–H and O–H groups in total. The van der Waals surface area contributed by atoms with Gasteiger partial charge in [0.25, 0.3) is 0 Å². The van der Waals surface area contributed by atoms with Gasteiger partial charge < -0.3 is 15.3 Å². The molecule has 1 amide bonds. The lowest BCUT2D eigenvalue weighted by Gasteiger charge is -2.53. The number of amides is 1. The molecule has 2 aliphatic rings. The Morgan fingerprint density at radius 2 is 1.85 bits per heavy atom. The lowest BCUT2D eigenvalue weighted by atomic mass is 9.77. The first-order valence-electron chi connectivity index (χ1n) is 7.44. The number of carbonyl (C=O) groups excluding carboxylic acids is 1. The van der Waals surface area contributed by atoms with Crippen molar-refractivity contribution < 1.29 is 9.90 Å². The van der Waals surface area contributed by atoms with E-state index in [1.54, 1.807) is 0 Å². The number of nitrogens with one attached hydrogen (secondary N) is 1. The van der Waals surface area contributed by atoms with Crippen LogP contribution in [0.5, 0.6) is 0 Å². The fourth-order valence-electron chi connectivity index (χ4n) is 3.56. The monoisotopic (exact) mass is 274 g/mol. The fraction of sp³-hybridized carbons (Fsp3) is 0.562. The number of aliphatic hydroxyl groups is 1. The average molecular weight is 274 g/mol. The van der Waals surface area contributed by atoms with Crippen LogP contribution in [0.25, 0.3) is 0 Å². The molecule has 4 nitrogen and oxygen atoms in total. The third-order valence-electron chi connectivity index (χ3n) is 4.71. The predicted octanol–water partition coefficient (Wildman–Crippen LogP) is 1.95. The van der Waals surface area contributed by atoms with Gasteiger partial charge in [0, 0.05) is 5.69 Å². The zero-order valence-corrected chi connectivity index (χ0v) is 11.9. The first-order chi connectivity index (χ1) is 9.62. The van der Waals surface area contributed by atoms with Crippen molar-refractivity contribution in [2.45, 2.75) is 50.8 Å². The third-order valence-corrected chi connectivity index (χ3v) is 4.71. The Morgan fingerprint density at radius 1 is 1.20 bits per heavy atom. The Morgan fingerprint density at radius 3 is 2.50 bits per heavy atom. The van der Waals surface area contributed by atoms with Gasteiger partial charge in [0.2, 0.25) is 5.91 Å². The molecular weight excluding hydrogens is 252 g/mol. The summed E-state index contributed by atoms with van der Waals surface area (Å²) in [5.41, 5.74) is 1.90. The number of piperazine rings is 1. The van der Waals surface area contributed by atoms with Crippen LogP contribution in [0.4, 0.5) is 5.69 Å². The van der Waals surface area contributed by atoms with Crippen LogP contribution in [0, 0.1) is 6.92 Å². The summed E-state index contributed by atoms with van der Waals surface area (Å²) in [7, 11) is 0. The van der Waals surface area contributed by atoms with Crippen molar-refractivity contribution in [3.8, 4) is 0 Å². The highest BCUT2D eigenvalue weighted by molar-refractivity contribution is 5.84. The van der Waals surface area contributed by atoms with Gasteiger partial charge in [-0.1, -0.05) is 37.0 Å². The molecule has 0 bridgehead atoms. The smallest absolute Gasteiger partial charge is 0.241 e. The molecule has 1 saturated carbocycles. The molecule has 0 aromatic heterocycles. The van der Waals surface area contributed by atoms with Gasteiger partial charge in [0.1, 0.15) is 6.23 Å². The minimum atomic E-state index is -0.773. The minimum Gasteiger partial charge on any atom is -0.371 e. The van der Waals surface area contributed by atoms with E-state index in [4.69, 9.17) is 0 Å². The summed E-state index contributed by atoms with van der Waals surface area (Å²) < 4.78 is 0. The van der Waals surface area contributed by atoms with Crippen LogP contribution < -0.4 is 10.2 Å². The molecule has 0 radical (unpaired) electrons. The van der Waals surface area contributed by atoms with E-state index in [2.05, 4.69) is 41.4 Å². The summed E-state index contributed by atoms with van der Waals surface area (Å²) in [6.45, 7) is 2.39. The van der Waals surface area contributed by atoms with Crippen LogP contribution in [-0.4, -0.2) is 29.3 Å². The molecule has 108 valence electrons. The van der Waals surface area contributed by atoms with Crippen LogP contribution in [0.15, 0.2) is 24.3 Å². The summed E-state index contributed by atoms with van der Waals surface area (Å²) in [5.74, 6) is -0.103. The number of carbonyl (C=O) groups is 1. The van der Waals surface area contributed by atoms with Crippen molar-refractivity contribution in [2.75, 3.05) is 11.4 Å². The Bertz CT molecular complexity index is 492. The number of aliphatic hydroxyl groups excluding tert-OH is 1. The third kappa shape index (κ3) is 2.18. The van der Waals surface area contributed by atoms with Gasteiger partial charge in [-0.25, -0.2) is 0 Å². The van der Waals surface area contributed by atoms with Crippen molar-refractivity contribution in [2.24, 2.45) is 0 Å². The molecule has 1 aromatic carbocycles. The summed E-state index contributed by atoms with van der Waals surface area (Å²) in [5, 5.41) is 13.2. The van der Waals surface area contributed by atoms with Gasteiger partial charge >= 0.3 is 0 Å². The molecule has 1 aromatic rings. The molecule has 4 heteroatoms. The highest BCUT2D eigenvalue weighted by atomic mass is 16.3. The highest BCUT2D eigenvalue weighted by Crippen LogP contribution is 2.40. The molecule has 1 unspecified atom stereocenters. The van der Waals surface area contributed by atoms with Crippen molar-refractivity contribution in [1.82, 2.24) is 5.32 Å². The van der Waals surface area contributed by atoms with E-state index in [0.717, 1.165) is 31.4 Å². The molecule has 1 aliphatic carbocycles. The SMILES string of the molecule is Cc1ccc(N2CC(=O)NC(O)C23CCCCC3)cc1. The first-order valence-corrected chi connectivity index (χ1v) is 7.44. The van der Waals surface area contributed by atoms with E-state index in [1.165, 1.54) is 12.0 Å². The molecule has 20 heavy (non-hydrogen) atoms. The van der Waals surface area contributed by atoms with Crippen LogP contribution in [0.1, 0.15) is 37.7 Å². The van der Waals surface area contributed by atoms with E-state index in [1.807, 2.05) is 0 Å². The molecule has 1 saturated heterocycles. The average Bonchev–Trinajstić information content (AvgIpc) is 2.45. The van der Waals surface area contributed by atoms with E-state index in [-0.39, 0.29) is 11.4 Å². The van der Waals surface area contributed by atoms with Crippen molar-refractivity contribution in [3.05, 3.63) is 29.8 Å². The Labute approximate surface area is 119 Å². The molecule has 2 fully saturated rings. The predicted molar refractivity (Wildman–Crippen MR) is 78.5 cm³/mol. The normalized spacial score (nSPS) is 25.6. The van der Waals surface area contributed by atoms with Crippen LogP contribution in [0.2, 0.25) is 0 Å². The summed E-state index contributed by atoms with van der Waals surface area (Å²) in [6, 6.07) is 8.23. The topological polar surface area (TPSA) is 52.6 Å². The van der Waals surface area contributed by atoms with Crippen molar-refractivity contribution >= 4 is 11.6 Å². The van der Waals surface area contributed by atoms with E-state index >= 15 is 0 Å². The Hall–Kier alpha value is -1.55. The van der Waals surface area contributed by atoms with Gasteiger partial charge in [0.05, 0.1) is 12.1 Å². The number of hydrogen-bond donors (Lipinski definition) is 2. The zero-order chi connectivity index (χ0) is 14.2. The Balaban J connectivity index is 1.98. The highest BCUT2D eigenvalue weighted by Gasteiger charge is 2.48. The molecule has 1 spiro atoms.